The molecule has 4 aromatic rings. The number of imidazole rings is 1. The lowest BCUT2D eigenvalue weighted by Crippen LogP contribution is -2.31. The molecule has 1 aliphatic heterocycles. The van der Waals surface area contributed by atoms with Crippen LogP contribution in [0, 0.1) is 6.92 Å². The number of aryl methyl sites for hydroxylation is 1. The Morgan fingerprint density at radius 3 is 2.81 bits per heavy atom. The Labute approximate surface area is 188 Å². The van der Waals surface area contributed by atoms with Gasteiger partial charge in [-0.1, -0.05) is 60.2 Å². The highest BCUT2D eigenvalue weighted by Gasteiger charge is 2.31. The van der Waals surface area contributed by atoms with Crippen LogP contribution in [0.4, 0.5) is 0 Å². The van der Waals surface area contributed by atoms with Crippen molar-refractivity contribution in [2.24, 2.45) is 0 Å². The Bertz CT molecular complexity index is 1340. The summed E-state index contributed by atoms with van der Waals surface area (Å²) >= 11 is 0. The molecule has 0 saturated heterocycles. The van der Waals surface area contributed by atoms with Gasteiger partial charge in [-0.05, 0) is 35.9 Å². The number of nitrogens with zero attached hydrogens (tertiary/aromatic N) is 2. The van der Waals surface area contributed by atoms with E-state index in [1.54, 1.807) is 22.9 Å². The van der Waals surface area contributed by atoms with Gasteiger partial charge in [0.15, 0.2) is 0 Å². The fourth-order valence-electron chi connectivity index (χ4n) is 4.50. The zero-order chi connectivity index (χ0) is 22.1. The van der Waals surface area contributed by atoms with Crippen molar-refractivity contribution < 1.29 is 8.42 Å². The van der Waals surface area contributed by atoms with Gasteiger partial charge in [-0.25, -0.2) is 13.4 Å². The fraction of sp³-hybridized carbons (Fsp3) is 0.240. The highest BCUT2D eigenvalue weighted by atomic mass is 32.2. The van der Waals surface area contributed by atoms with E-state index in [0.29, 0.717) is 31.0 Å². The van der Waals surface area contributed by atoms with Crippen molar-refractivity contribution in [3.63, 3.8) is 0 Å². The van der Waals surface area contributed by atoms with Crippen molar-refractivity contribution in [1.29, 1.82) is 0 Å². The Morgan fingerprint density at radius 2 is 1.97 bits per heavy atom. The quantitative estimate of drug-likeness (QED) is 0.479. The number of benzene rings is 3. The molecule has 0 fully saturated rings. The summed E-state index contributed by atoms with van der Waals surface area (Å²) in [7, 11) is -3.66. The van der Waals surface area contributed by atoms with Crippen LogP contribution >= 0.6 is 0 Å². The van der Waals surface area contributed by atoms with Crippen molar-refractivity contribution in [1.82, 2.24) is 19.6 Å². The van der Waals surface area contributed by atoms with Crippen LogP contribution in [-0.2, 0) is 23.1 Å². The average Bonchev–Trinajstić information content (AvgIpc) is 3.25. The summed E-state index contributed by atoms with van der Waals surface area (Å²) in [6, 6.07) is 19.5. The summed E-state index contributed by atoms with van der Waals surface area (Å²) in [5, 5.41) is 5.28. The van der Waals surface area contributed by atoms with Crippen LogP contribution in [0.3, 0.4) is 0 Å². The van der Waals surface area contributed by atoms with Crippen LogP contribution in [0.5, 0.6) is 0 Å². The highest BCUT2D eigenvalue weighted by Crippen LogP contribution is 2.32. The van der Waals surface area contributed by atoms with Gasteiger partial charge in [-0.2, -0.15) is 4.31 Å². The monoisotopic (exact) mass is 446 g/mol. The second-order valence-electron chi connectivity index (χ2n) is 8.32. The highest BCUT2D eigenvalue weighted by molar-refractivity contribution is 7.89. The van der Waals surface area contributed by atoms with Crippen LogP contribution in [-0.4, -0.2) is 29.2 Å². The fourth-order valence-corrected chi connectivity index (χ4v) is 6.15. The lowest BCUT2D eigenvalue weighted by molar-refractivity contribution is 0.386. The minimum absolute atomic E-state index is 0.0571. The topological polar surface area (TPSA) is 78.1 Å². The normalized spacial score (nSPS) is 17.2. The first-order valence-electron chi connectivity index (χ1n) is 10.8. The third-order valence-corrected chi connectivity index (χ3v) is 8.05. The molecular formula is C25H26N4O2S. The van der Waals surface area contributed by atoms with E-state index < -0.39 is 10.0 Å². The predicted octanol–water partition coefficient (Wildman–Crippen LogP) is 4.30. The maximum Gasteiger partial charge on any atom is 0.243 e. The molecule has 1 aromatic heterocycles. The molecule has 6 nitrogen and oxygen atoms in total. The maximum absolute atomic E-state index is 13.8. The largest absolute Gasteiger partial charge is 0.347 e. The Morgan fingerprint density at radius 1 is 1.12 bits per heavy atom. The molecule has 164 valence electrons. The molecule has 0 aliphatic carbocycles. The molecule has 2 N–H and O–H groups in total. The smallest absolute Gasteiger partial charge is 0.243 e. The summed E-state index contributed by atoms with van der Waals surface area (Å²) < 4.78 is 29.2. The average molecular weight is 447 g/mol. The summed E-state index contributed by atoms with van der Waals surface area (Å²) in [5.74, 6) is 0. The van der Waals surface area contributed by atoms with Gasteiger partial charge in [-0.15, -0.1) is 0 Å². The zero-order valence-corrected chi connectivity index (χ0v) is 18.8. The van der Waals surface area contributed by atoms with Gasteiger partial charge in [0.05, 0.1) is 11.2 Å². The van der Waals surface area contributed by atoms with Crippen molar-refractivity contribution in [2.45, 2.75) is 37.4 Å². The van der Waals surface area contributed by atoms with Crippen molar-refractivity contribution in [3.8, 4) is 0 Å². The van der Waals surface area contributed by atoms with Crippen LogP contribution in [0.1, 0.15) is 34.8 Å². The Hall–Kier alpha value is -3.00. The number of fused-ring (bicyclic) bond motifs is 2. The molecule has 0 bridgehead atoms. The number of aromatic nitrogens is 2. The molecule has 1 unspecified atom stereocenters. The molecule has 1 atom stereocenters. The van der Waals surface area contributed by atoms with E-state index in [1.165, 1.54) is 0 Å². The first-order chi connectivity index (χ1) is 15.5. The number of rotatable bonds is 5. The Balaban J connectivity index is 1.50. The van der Waals surface area contributed by atoms with Crippen LogP contribution in [0.15, 0.2) is 78.1 Å². The molecule has 5 rings (SSSR count). The molecule has 0 saturated carbocycles. The van der Waals surface area contributed by atoms with E-state index in [0.717, 1.165) is 33.2 Å². The van der Waals surface area contributed by atoms with Crippen LogP contribution in [0.25, 0.3) is 10.8 Å². The molecule has 3 aromatic carbocycles. The molecule has 7 heteroatoms. The molecular weight excluding hydrogens is 420 g/mol. The summed E-state index contributed by atoms with van der Waals surface area (Å²) in [5.41, 5.74) is 4.34. The maximum atomic E-state index is 13.8. The first kappa shape index (κ1) is 20.9. The SMILES string of the molecule is Cc1ccc2c(c1)CN(S(=O)(=O)c1cccc3ccccc13)CCC2NCc1cnc[nH]1. The van der Waals surface area contributed by atoms with Gasteiger partial charge in [0, 0.05) is 43.0 Å². The van der Waals surface area contributed by atoms with Gasteiger partial charge in [0.25, 0.3) is 0 Å². The lowest BCUT2D eigenvalue weighted by atomic mass is 9.97. The van der Waals surface area contributed by atoms with Gasteiger partial charge in [-0.3, -0.25) is 0 Å². The predicted molar refractivity (Wildman–Crippen MR) is 126 cm³/mol. The minimum atomic E-state index is -3.66. The summed E-state index contributed by atoms with van der Waals surface area (Å²) in [6.07, 6.45) is 4.16. The number of H-pyrrole nitrogens is 1. The molecule has 32 heavy (non-hydrogen) atoms. The number of hydrogen-bond donors (Lipinski definition) is 2. The second kappa shape index (κ2) is 8.50. The summed E-state index contributed by atoms with van der Waals surface area (Å²) in [4.78, 5) is 7.57. The first-order valence-corrected chi connectivity index (χ1v) is 12.2. The van der Waals surface area contributed by atoms with E-state index in [9.17, 15) is 8.42 Å². The van der Waals surface area contributed by atoms with E-state index >= 15 is 0 Å². The van der Waals surface area contributed by atoms with Gasteiger partial charge >= 0.3 is 0 Å². The summed E-state index contributed by atoms with van der Waals surface area (Å²) in [6.45, 7) is 3.50. The molecule has 0 radical (unpaired) electrons. The van der Waals surface area contributed by atoms with Gasteiger partial charge in [0.1, 0.15) is 0 Å². The van der Waals surface area contributed by atoms with Crippen LogP contribution in [0.2, 0.25) is 0 Å². The van der Waals surface area contributed by atoms with Crippen molar-refractivity contribution >= 4 is 20.8 Å². The lowest BCUT2D eigenvalue weighted by Gasteiger charge is -2.22. The van der Waals surface area contributed by atoms with E-state index in [-0.39, 0.29) is 6.04 Å². The molecule has 1 aliphatic rings. The minimum Gasteiger partial charge on any atom is -0.347 e. The van der Waals surface area contributed by atoms with Gasteiger partial charge < -0.3 is 10.3 Å². The number of hydrogen-bond acceptors (Lipinski definition) is 4. The van der Waals surface area contributed by atoms with Crippen LogP contribution < -0.4 is 5.32 Å². The molecule has 2 heterocycles. The van der Waals surface area contributed by atoms with Gasteiger partial charge in [0.2, 0.25) is 10.0 Å². The number of nitrogens with one attached hydrogen (secondary N) is 2. The number of aromatic amines is 1. The molecule has 0 spiro atoms. The third kappa shape index (κ3) is 3.95. The zero-order valence-electron chi connectivity index (χ0n) is 18.0. The Kier molecular flexibility index (Phi) is 5.55. The standard InChI is InChI=1S/C25H26N4O2S/c1-18-9-10-22-20(13-18)16-29(12-11-24(22)27-15-21-14-26-17-28-21)32(30,31)25-8-4-6-19-5-2-3-7-23(19)25/h2-10,13-14,17,24,27H,11-12,15-16H2,1H3,(H,26,28). The van der Waals surface area contributed by atoms with Crippen molar-refractivity contribution in [3.05, 3.63) is 95.6 Å². The molecule has 0 amide bonds. The van der Waals surface area contributed by atoms with E-state index in [2.05, 4.69) is 33.5 Å². The third-order valence-electron chi connectivity index (χ3n) is 6.15. The van der Waals surface area contributed by atoms with E-state index in [1.807, 2.05) is 43.3 Å². The number of sulfonamides is 1. The van der Waals surface area contributed by atoms with Crippen molar-refractivity contribution in [2.75, 3.05) is 6.54 Å². The second-order valence-corrected chi connectivity index (χ2v) is 10.2. The van der Waals surface area contributed by atoms with E-state index in [4.69, 9.17) is 0 Å².